The van der Waals surface area contributed by atoms with E-state index in [0.29, 0.717) is 18.7 Å². The van der Waals surface area contributed by atoms with E-state index >= 15 is 0 Å². The molecule has 1 aliphatic heterocycles. The van der Waals surface area contributed by atoms with Gasteiger partial charge in [-0.05, 0) is 58.8 Å². The molecule has 1 amide bonds. The lowest BCUT2D eigenvalue weighted by Crippen LogP contribution is -2.39. The normalized spacial score (nSPS) is 14.6. The fourth-order valence-corrected chi connectivity index (χ4v) is 4.38. The number of fused-ring (bicyclic) bond motifs is 1. The van der Waals surface area contributed by atoms with E-state index in [1.54, 1.807) is 19.2 Å². The quantitative estimate of drug-likeness (QED) is 0.633. The summed E-state index contributed by atoms with van der Waals surface area (Å²) in [6, 6.07) is 12.4. The molecule has 7 nitrogen and oxygen atoms in total. The van der Waals surface area contributed by atoms with Crippen LogP contribution in [0, 0.1) is 3.57 Å². The largest absolute Gasteiger partial charge is 0.496 e. The standard InChI is InChI=1S/C17H16IN3O4S/c1-25-14-5-3-2-4-11(14)8-9-19-17(22)16-20-13-7-6-12(18)10-15(13)26(23,24)21-16/h2-7,10H,8-9H2,1H3,(H,19,22)(H,20,21). The summed E-state index contributed by atoms with van der Waals surface area (Å²) in [5.74, 6) is -0.0765. The lowest BCUT2D eigenvalue weighted by molar-refractivity contribution is -0.114. The Labute approximate surface area is 165 Å². The van der Waals surface area contributed by atoms with E-state index in [1.807, 2.05) is 46.9 Å². The van der Waals surface area contributed by atoms with Gasteiger partial charge in [-0.1, -0.05) is 18.2 Å². The molecule has 0 radical (unpaired) electrons. The highest BCUT2D eigenvalue weighted by Crippen LogP contribution is 2.28. The molecule has 0 fully saturated rings. The van der Waals surface area contributed by atoms with E-state index in [4.69, 9.17) is 4.74 Å². The van der Waals surface area contributed by atoms with Crippen molar-refractivity contribution >= 4 is 50.0 Å². The highest BCUT2D eigenvalue weighted by Gasteiger charge is 2.28. The number of nitrogens with zero attached hydrogens (tertiary/aromatic N) is 1. The Kier molecular flexibility index (Phi) is 5.47. The van der Waals surface area contributed by atoms with Gasteiger partial charge in [0.25, 0.3) is 15.9 Å². The lowest BCUT2D eigenvalue weighted by Gasteiger charge is -2.18. The molecule has 0 aromatic heterocycles. The van der Waals surface area contributed by atoms with Crippen LogP contribution in [-0.2, 0) is 21.2 Å². The Morgan fingerprint density at radius 1 is 1.27 bits per heavy atom. The van der Waals surface area contributed by atoms with Gasteiger partial charge in [0.1, 0.15) is 10.6 Å². The van der Waals surface area contributed by atoms with Crippen LogP contribution in [-0.4, -0.2) is 33.8 Å². The van der Waals surface area contributed by atoms with Crippen molar-refractivity contribution < 1.29 is 17.9 Å². The number of nitrogens with one attached hydrogen (secondary N) is 2. The van der Waals surface area contributed by atoms with E-state index < -0.39 is 15.9 Å². The van der Waals surface area contributed by atoms with E-state index in [1.165, 1.54) is 6.07 Å². The molecule has 1 aliphatic rings. The van der Waals surface area contributed by atoms with Gasteiger partial charge in [-0.3, -0.25) is 4.79 Å². The molecule has 0 saturated carbocycles. The van der Waals surface area contributed by atoms with Gasteiger partial charge in [-0.15, -0.1) is 4.40 Å². The number of rotatable bonds is 5. The molecule has 0 atom stereocenters. The zero-order chi connectivity index (χ0) is 18.7. The predicted octanol–water partition coefficient (Wildman–Crippen LogP) is 2.17. The Morgan fingerprint density at radius 2 is 2.04 bits per heavy atom. The highest BCUT2D eigenvalue weighted by atomic mass is 127. The van der Waals surface area contributed by atoms with Crippen molar-refractivity contribution in [2.24, 2.45) is 4.40 Å². The number of ether oxygens (including phenoxy) is 1. The van der Waals surface area contributed by atoms with Gasteiger partial charge in [0, 0.05) is 10.1 Å². The summed E-state index contributed by atoms with van der Waals surface area (Å²) in [6.07, 6.45) is 0.546. The van der Waals surface area contributed by atoms with Crippen LogP contribution in [0.3, 0.4) is 0 Å². The SMILES string of the molecule is COc1ccccc1CCNC(=O)C1=NS(=O)(=O)c2cc(I)ccc2N1. The highest BCUT2D eigenvalue weighted by molar-refractivity contribution is 14.1. The fourth-order valence-electron chi connectivity index (χ4n) is 2.53. The van der Waals surface area contributed by atoms with Crippen LogP contribution >= 0.6 is 22.6 Å². The van der Waals surface area contributed by atoms with Crippen LogP contribution in [0.15, 0.2) is 51.8 Å². The van der Waals surface area contributed by atoms with Crippen molar-refractivity contribution in [1.82, 2.24) is 5.32 Å². The summed E-state index contributed by atoms with van der Waals surface area (Å²) < 4.78 is 34.2. The number of benzene rings is 2. The van der Waals surface area contributed by atoms with Crippen LogP contribution in [0.5, 0.6) is 5.75 Å². The summed E-state index contributed by atoms with van der Waals surface area (Å²) >= 11 is 2.02. The number of amides is 1. The molecule has 0 unspecified atom stereocenters. The number of carbonyl (C=O) groups is 1. The van der Waals surface area contributed by atoms with Crippen molar-refractivity contribution in [2.75, 3.05) is 19.0 Å². The first-order valence-electron chi connectivity index (χ1n) is 7.72. The van der Waals surface area contributed by atoms with E-state index in [2.05, 4.69) is 15.0 Å². The first kappa shape index (κ1) is 18.6. The number of hydrogen-bond donors (Lipinski definition) is 2. The molecule has 3 rings (SSSR count). The zero-order valence-electron chi connectivity index (χ0n) is 13.8. The van der Waals surface area contributed by atoms with Gasteiger partial charge in [0.15, 0.2) is 0 Å². The number of sulfonamides is 1. The third-order valence-corrected chi connectivity index (χ3v) is 5.76. The molecule has 2 aromatic rings. The maximum absolute atomic E-state index is 12.3. The number of methoxy groups -OCH3 is 1. The minimum atomic E-state index is -3.91. The molecule has 0 aliphatic carbocycles. The fraction of sp³-hybridized carbons (Fsp3) is 0.176. The number of carbonyl (C=O) groups excluding carboxylic acids is 1. The van der Waals surface area contributed by atoms with E-state index in [-0.39, 0.29) is 10.7 Å². The number of halogens is 1. The number of amidine groups is 1. The third kappa shape index (κ3) is 3.98. The van der Waals surface area contributed by atoms with E-state index in [9.17, 15) is 13.2 Å². The average Bonchev–Trinajstić information content (AvgIpc) is 2.62. The molecular formula is C17H16IN3O4S. The molecule has 0 spiro atoms. The van der Waals surface area contributed by atoms with Crippen molar-refractivity contribution in [3.63, 3.8) is 0 Å². The van der Waals surface area contributed by atoms with Crippen molar-refractivity contribution in [3.05, 3.63) is 51.6 Å². The Bertz CT molecular complexity index is 989. The Balaban J connectivity index is 1.69. The van der Waals surface area contributed by atoms with Crippen LogP contribution in [0.4, 0.5) is 5.69 Å². The summed E-state index contributed by atoms with van der Waals surface area (Å²) in [5.41, 5.74) is 1.29. The topological polar surface area (TPSA) is 96.9 Å². The lowest BCUT2D eigenvalue weighted by atomic mass is 10.1. The number of para-hydroxylation sites is 1. The third-order valence-electron chi connectivity index (χ3n) is 3.77. The first-order chi connectivity index (χ1) is 12.4. The molecule has 9 heteroatoms. The van der Waals surface area contributed by atoms with Crippen molar-refractivity contribution in [1.29, 1.82) is 0 Å². The van der Waals surface area contributed by atoms with Gasteiger partial charge < -0.3 is 15.4 Å². The molecule has 0 bridgehead atoms. The second kappa shape index (κ2) is 7.62. The van der Waals surface area contributed by atoms with Crippen LogP contribution in [0.25, 0.3) is 0 Å². The molecule has 1 heterocycles. The average molecular weight is 485 g/mol. The van der Waals surface area contributed by atoms with Gasteiger partial charge >= 0.3 is 0 Å². The van der Waals surface area contributed by atoms with Crippen LogP contribution in [0.2, 0.25) is 0 Å². The van der Waals surface area contributed by atoms with E-state index in [0.717, 1.165) is 14.9 Å². The van der Waals surface area contributed by atoms with Gasteiger partial charge in [-0.2, -0.15) is 8.42 Å². The molecule has 2 aromatic carbocycles. The van der Waals surface area contributed by atoms with Crippen molar-refractivity contribution in [3.8, 4) is 5.75 Å². The maximum atomic E-state index is 12.3. The maximum Gasteiger partial charge on any atom is 0.287 e. The minimum Gasteiger partial charge on any atom is -0.496 e. The smallest absolute Gasteiger partial charge is 0.287 e. The number of hydrogen-bond acceptors (Lipinski definition) is 5. The van der Waals surface area contributed by atoms with Crippen molar-refractivity contribution in [2.45, 2.75) is 11.3 Å². The molecule has 2 N–H and O–H groups in total. The summed E-state index contributed by atoms with van der Waals surface area (Å²) in [4.78, 5) is 12.4. The van der Waals surface area contributed by atoms with Gasteiger partial charge in [0.2, 0.25) is 5.84 Å². The Hall–Kier alpha value is -2.14. The summed E-state index contributed by atoms with van der Waals surface area (Å²) in [5, 5.41) is 5.46. The number of anilines is 1. The van der Waals surface area contributed by atoms with Crippen LogP contribution in [0.1, 0.15) is 5.56 Å². The van der Waals surface area contributed by atoms with Gasteiger partial charge in [-0.25, -0.2) is 0 Å². The zero-order valence-corrected chi connectivity index (χ0v) is 16.8. The molecule has 0 saturated heterocycles. The van der Waals surface area contributed by atoms with Gasteiger partial charge in [0.05, 0.1) is 12.8 Å². The Morgan fingerprint density at radius 3 is 2.81 bits per heavy atom. The van der Waals surface area contributed by atoms with Crippen LogP contribution < -0.4 is 15.4 Å². The summed E-state index contributed by atoms with van der Waals surface area (Å²) in [7, 11) is -2.32. The predicted molar refractivity (Wildman–Crippen MR) is 107 cm³/mol. The minimum absolute atomic E-state index is 0.0648. The molecule has 136 valence electrons. The second-order valence-corrected chi connectivity index (χ2v) is 8.32. The first-order valence-corrected chi connectivity index (χ1v) is 10.2. The second-order valence-electron chi connectivity index (χ2n) is 5.50. The molecule has 26 heavy (non-hydrogen) atoms. The monoisotopic (exact) mass is 485 g/mol. The molecular weight excluding hydrogens is 469 g/mol. The summed E-state index contributed by atoms with van der Waals surface area (Å²) in [6.45, 7) is 0.319.